The Kier molecular flexibility index (Phi) is 5.66. The molecule has 0 saturated heterocycles. The van der Waals surface area contributed by atoms with Crippen LogP contribution in [0.1, 0.15) is 31.9 Å². The normalized spacial score (nSPS) is 11.4. The van der Waals surface area contributed by atoms with Crippen molar-refractivity contribution in [2.75, 3.05) is 0 Å². The number of amides is 1. The number of thiazole rings is 1. The molecule has 0 aliphatic rings. The van der Waals surface area contributed by atoms with Crippen LogP contribution in [0.3, 0.4) is 0 Å². The van der Waals surface area contributed by atoms with E-state index in [0.717, 1.165) is 32.5 Å². The van der Waals surface area contributed by atoms with Crippen molar-refractivity contribution in [2.45, 2.75) is 35.6 Å². The van der Waals surface area contributed by atoms with Crippen LogP contribution in [0.4, 0.5) is 0 Å². The number of fused-ring (bicyclic) bond motifs is 1. The Morgan fingerprint density at radius 2 is 2.25 bits per heavy atom. The lowest BCUT2D eigenvalue weighted by atomic mass is 10.2. The summed E-state index contributed by atoms with van der Waals surface area (Å²) >= 11 is 3.11. The van der Waals surface area contributed by atoms with Crippen LogP contribution in [0.25, 0.3) is 10.2 Å². The third-order valence-corrected chi connectivity index (χ3v) is 5.22. The summed E-state index contributed by atoms with van der Waals surface area (Å²) < 4.78 is 7.76. The molecule has 2 aromatic heterocycles. The highest BCUT2D eigenvalue weighted by atomic mass is 32.2. The molecule has 0 spiro atoms. The highest BCUT2D eigenvalue weighted by molar-refractivity contribution is 8.01. The van der Waals surface area contributed by atoms with Gasteiger partial charge in [-0.1, -0.05) is 25.5 Å². The zero-order valence-electron chi connectivity index (χ0n) is 13.2. The van der Waals surface area contributed by atoms with Crippen LogP contribution in [-0.2, 0) is 4.79 Å². The Morgan fingerprint density at radius 1 is 1.38 bits per heavy atom. The monoisotopic (exact) mass is 359 g/mol. The van der Waals surface area contributed by atoms with Crippen molar-refractivity contribution in [1.82, 2.24) is 10.4 Å². The van der Waals surface area contributed by atoms with E-state index in [2.05, 4.69) is 21.6 Å². The lowest BCUT2D eigenvalue weighted by Crippen LogP contribution is -2.16. The van der Waals surface area contributed by atoms with Crippen molar-refractivity contribution in [2.24, 2.45) is 5.10 Å². The molecule has 0 saturated carbocycles. The number of hydrazone groups is 1. The fourth-order valence-corrected chi connectivity index (χ4v) is 3.97. The van der Waals surface area contributed by atoms with Gasteiger partial charge in [-0.15, -0.1) is 11.3 Å². The van der Waals surface area contributed by atoms with Crippen molar-refractivity contribution in [3.63, 3.8) is 0 Å². The Morgan fingerprint density at radius 3 is 3.08 bits per heavy atom. The number of hydrogen-bond donors (Lipinski definition) is 1. The number of benzene rings is 1. The number of nitrogens with zero attached hydrogens (tertiary/aromatic N) is 2. The molecule has 3 rings (SSSR count). The first-order valence-electron chi connectivity index (χ1n) is 7.70. The average molecular weight is 359 g/mol. The van der Waals surface area contributed by atoms with Gasteiger partial charge in [-0.05, 0) is 42.4 Å². The molecule has 7 heteroatoms. The molecule has 0 unspecified atom stereocenters. The summed E-state index contributed by atoms with van der Waals surface area (Å²) in [5.74, 6) is 0.512. The zero-order chi connectivity index (χ0) is 16.8. The molecule has 0 radical (unpaired) electrons. The fourth-order valence-electron chi connectivity index (χ4n) is 2.00. The van der Waals surface area contributed by atoms with Gasteiger partial charge < -0.3 is 4.42 Å². The van der Waals surface area contributed by atoms with Gasteiger partial charge in [-0.25, -0.2) is 10.4 Å². The molecule has 1 amide bonds. The SMILES string of the molecule is CCCCC(=O)N/N=C/c1ccc(Sc2nc3ccccc3s2)o1. The second-order valence-corrected chi connectivity index (χ2v) is 7.39. The summed E-state index contributed by atoms with van der Waals surface area (Å²) in [7, 11) is 0. The summed E-state index contributed by atoms with van der Waals surface area (Å²) in [4.78, 5) is 16.0. The van der Waals surface area contributed by atoms with Crippen molar-refractivity contribution in [3.05, 3.63) is 42.2 Å². The lowest BCUT2D eigenvalue weighted by molar-refractivity contribution is -0.121. The van der Waals surface area contributed by atoms with Crippen LogP contribution < -0.4 is 5.43 Å². The van der Waals surface area contributed by atoms with E-state index in [-0.39, 0.29) is 5.91 Å². The van der Waals surface area contributed by atoms with Crippen molar-refractivity contribution in [3.8, 4) is 0 Å². The highest BCUT2D eigenvalue weighted by Gasteiger charge is 2.08. The number of nitrogens with one attached hydrogen (secondary N) is 1. The number of hydrogen-bond acceptors (Lipinski definition) is 6. The number of aromatic nitrogens is 1. The van der Waals surface area contributed by atoms with Crippen molar-refractivity contribution in [1.29, 1.82) is 0 Å². The Balaban J connectivity index is 1.58. The molecule has 0 aliphatic carbocycles. The summed E-state index contributed by atoms with van der Waals surface area (Å²) in [6.07, 6.45) is 3.85. The largest absolute Gasteiger partial charge is 0.448 e. The third-order valence-electron chi connectivity index (χ3n) is 3.20. The van der Waals surface area contributed by atoms with Crippen molar-refractivity contribution < 1.29 is 9.21 Å². The van der Waals surface area contributed by atoms with Gasteiger partial charge in [0.25, 0.3) is 0 Å². The predicted octanol–water partition coefficient (Wildman–Crippen LogP) is 4.68. The number of para-hydroxylation sites is 1. The maximum atomic E-state index is 11.5. The molecule has 24 heavy (non-hydrogen) atoms. The smallest absolute Gasteiger partial charge is 0.240 e. The van der Waals surface area contributed by atoms with Crippen LogP contribution in [0.2, 0.25) is 0 Å². The van der Waals surface area contributed by atoms with E-state index in [4.69, 9.17) is 4.42 Å². The van der Waals surface area contributed by atoms with Gasteiger partial charge in [0.15, 0.2) is 9.43 Å². The summed E-state index contributed by atoms with van der Waals surface area (Å²) in [6.45, 7) is 2.05. The van der Waals surface area contributed by atoms with E-state index < -0.39 is 0 Å². The minimum absolute atomic E-state index is 0.0799. The minimum atomic E-state index is -0.0799. The molecule has 0 bridgehead atoms. The quantitative estimate of drug-likeness (QED) is 0.491. The molecule has 0 aliphatic heterocycles. The van der Waals surface area contributed by atoms with Gasteiger partial charge in [0.05, 0.1) is 16.4 Å². The molecule has 0 atom stereocenters. The number of furan rings is 1. The van der Waals surface area contributed by atoms with Crippen LogP contribution in [-0.4, -0.2) is 17.1 Å². The van der Waals surface area contributed by atoms with Gasteiger partial charge in [-0.2, -0.15) is 5.10 Å². The number of carbonyl (C=O) groups is 1. The second-order valence-electron chi connectivity index (χ2n) is 5.10. The van der Waals surface area contributed by atoms with E-state index >= 15 is 0 Å². The average Bonchev–Trinajstić information content (AvgIpc) is 3.19. The van der Waals surface area contributed by atoms with E-state index in [1.807, 2.05) is 37.3 Å². The minimum Gasteiger partial charge on any atom is -0.448 e. The molecular formula is C17H17N3O2S2. The molecule has 1 aromatic carbocycles. The first kappa shape index (κ1) is 16.7. The lowest BCUT2D eigenvalue weighted by Gasteiger charge is -1.96. The van der Waals surface area contributed by atoms with Crippen molar-refractivity contribution >= 4 is 45.4 Å². The first-order chi connectivity index (χ1) is 11.7. The van der Waals surface area contributed by atoms with E-state index in [9.17, 15) is 4.79 Å². The van der Waals surface area contributed by atoms with E-state index in [1.54, 1.807) is 11.3 Å². The molecule has 5 nitrogen and oxygen atoms in total. The van der Waals surface area contributed by atoms with Gasteiger partial charge in [0, 0.05) is 6.42 Å². The Hall–Kier alpha value is -2.12. The molecule has 3 aromatic rings. The van der Waals surface area contributed by atoms with Crippen LogP contribution in [0, 0.1) is 0 Å². The third kappa shape index (κ3) is 4.46. The van der Waals surface area contributed by atoms with Crippen LogP contribution >= 0.6 is 23.1 Å². The molecule has 124 valence electrons. The summed E-state index contributed by atoms with van der Waals surface area (Å²) in [6, 6.07) is 11.7. The second kappa shape index (κ2) is 8.12. The summed E-state index contributed by atoms with van der Waals surface area (Å²) in [5, 5.41) is 4.65. The predicted molar refractivity (Wildman–Crippen MR) is 97.7 cm³/mol. The van der Waals surface area contributed by atoms with Crippen LogP contribution in [0.5, 0.6) is 0 Å². The molecule has 1 N–H and O–H groups in total. The van der Waals surface area contributed by atoms with Gasteiger partial charge in [0.2, 0.25) is 5.91 Å². The Bertz CT molecular complexity index is 821. The standard InChI is InChI=1S/C17H17N3O2S2/c1-2-3-8-15(21)20-18-11-12-9-10-16(22-12)24-17-19-13-6-4-5-7-14(13)23-17/h4-7,9-11H,2-3,8H2,1H3,(H,20,21)/b18-11+. The van der Waals surface area contributed by atoms with E-state index in [1.165, 1.54) is 18.0 Å². The molecule has 2 heterocycles. The number of carbonyl (C=O) groups excluding carboxylic acids is 1. The first-order valence-corrected chi connectivity index (χ1v) is 9.33. The van der Waals surface area contributed by atoms with Gasteiger partial charge in [-0.3, -0.25) is 4.79 Å². The highest BCUT2D eigenvalue weighted by Crippen LogP contribution is 2.34. The van der Waals surface area contributed by atoms with Gasteiger partial charge in [0.1, 0.15) is 5.76 Å². The zero-order valence-corrected chi connectivity index (χ0v) is 14.8. The number of unbranched alkanes of at least 4 members (excludes halogenated alkanes) is 1. The topological polar surface area (TPSA) is 67.5 Å². The maximum Gasteiger partial charge on any atom is 0.240 e. The Labute approximate surface area is 148 Å². The van der Waals surface area contributed by atoms with E-state index in [0.29, 0.717) is 12.2 Å². The maximum absolute atomic E-state index is 11.5. The fraction of sp³-hybridized carbons (Fsp3) is 0.235. The van der Waals surface area contributed by atoms with Crippen LogP contribution in [0.15, 0.2) is 55.3 Å². The molecule has 0 fully saturated rings. The number of rotatable bonds is 7. The summed E-state index contributed by atoms with van der Waals surface area (Å²) in [5.41, 5.74) is 3.49. The van der Waals surface area contributed by atoms with Gasteiger partial charge >= 0.3 is 0 Å². The molecular weight excluding hydrogens is 342 g/mol.